The highest BCUT2D eigenvalue weighted by Gasteiger charge is 2.02. The van der Waals surface area contributed by atoms with E-state index in [1.165, 1.54) is 6.08 Å². The molecule has 0 fully saturated rings. The van der Waals surface area contributed by atoms with E-state index in [1.807, 2.05) is 0 Å². The minimum absolute atomic E-state index is 0.174. The lowest BCUT2D eigenvalue weighted by Gasteiger charge is -1.95. The number of allylic oxidation sites excluding steroid dienone is 1. The smallest absolute Gasteiger partial charge is 0.245 e. The van der Waals surface area contributed by atoms with Crippen LogP contribution in [0.3, 0.4) is 0 Å². The second kappa shape index (κ2) is 4.27. The Morgan fingerprint density at radius 2 is 1.91 bits per heavy atom. The molecule has 0 spiro atoms. The van der Waals surface area contributed by atoms with E-state index >= 15 is 0 Å². The summed E-state index contributed by atoms with van der Waals surface area (Å²) in [6, 6.07) is 0. The minimum atomic E-state index is -0.680. The van der Waals surface area contributed by atoms with Gasteiger partial charge in [-0.2, -0.15) is 0 Å². The van der Waals surface area contributed by atoms with Gasteiger partial charge < -0.3 is 11.5 Å². The maximum Gasteiger partial charge on any atom is 0.245 e. The molecular weight excluding hydrogens is 144 g/mol. The molecule has 0 aliphatic rings. The fourth-order valence-corrected chi connectivity index (χ4v) is 0.558. The fourth-order valence-electron chi connectivity index (χ4n) is 0.558. The molecule has 0 heterocycles. The molecule has 0 saturated carbocycles. The maximum absolute atomic E-state index is 10.5. The molecule has 0 rings (SSSR count). The Hall–Kier alpha value is -1.58. The summed E-state index contributed by atoms with van der Waals surface area (Å²) >= 11 is 0. The number of amides is 2. The fraction of sp³-hybridized carbons (Fsp3) is 0.143. The van der Waals surface area contributed by atoms with Gasteiger partial charge in [-0.05, 0) is 6.42 Å². The average Bonchev–Trinajstić information content (AvgIpc) is 1.86. The molecule has 4 N–H and O–H groups in total. The summed E-state index contributed by atoms with van der Waals surface area (Å²) in [4.78, 5) is 20.8. The van der Waals surface area contributed by atoms with Gasteiger partial charge in [0.25, 0.3) is 0 Å². The molecule has 0 bridgehead atoms. The van der Waals surface area contributed by atoms with E-state index in [2.05, 4.69) is 6.58 Å². The first-order valence-corrected chi connectivity index (χ1v) is 2.98. The number of nitrogens with two attached hydrogens (primary N) is 2. The summed E-state index contributed by atoms with van der Waals surface area (Å²) < 4.78 is 0. The zero-order valence-electron chi connectivity index (χ0n) is 6.04. The quantitative estimate of drug-likeness (QED) is 0.421. The van der Waals surface area contributed by atoms with Crippen molar-refractivity contribution in [1.29, 1.82) is 0 Å². The van der Waals surface area contributed by atoms with Crippen LogP contribution in [0.4, 0.5) is 0 Å². The minimum Gasteiger partial charge on any atom is -0.366 e. The first-order chi connectivity index (χ1) is 5.07. The molecule has 0 saturated heterocycles. The summed E-state index contributed by atoms with van der Waals surface area (Å²) in [5.74, 6) is -1.33. The predicted octanol–water partition coefficient (Wildman–Crippen LogP) is -0.540. The van der Waals surface area contributed by atoms with Crippen LogP contribution < -0.4 is 11.5 Å². The first-order valence-electron chi connectivity index (χ1n) is 2.98. The highest BCUT2D eigenvalue weighted by Crippen LogP contribution is 1.99. The lowest BCUT2D eigenvalue weighted by atomic mass is 10.1. The molecule has 0 aromatic carbocycles. The van der Waals surface area contributed by atoms with Gasteiger partial charge in [0.15, 0.2) is 0 Å². The molecule has 0 aromatic heterocycles. The zero-order valence-corrected chi connectivity index (χ0v) is 6.04. The van der Waals surface area contributed by atoms with Crippen LogP contribution in [-0.4, -0.2) is 11.8 Å². The Labute approximate surface area is 64.6 Å². The third-order valence-corrected chi connectivity index (χ3v) is 0.997. The van der Waals surface area contributed by atoms with Crippen LogP contribution in [0.25, 0.3) is 0 Å². The number of carbonyl (C=O) groups excluding carboxylic acids is 2. The number of primary amides is 2. The lowest BCUT2D eigenvalue weighted by molar-refractivity contribution is -0.116. The van der Waals surface area contributed by atoms with Gasteiger partial charge in [-0.1, -0.05) is 6.08 Å². The molecule has 60 valence electrons. The van der Waals surface area contributed by atoms with E-state index in [0.717, 1.165) is 6.08 Å². The Morgan fingerprint density at radius 3 is 2.18 bits per heavy atom. The van der Waals surface area contributed by atoms with Gasteiger partial charge in [0.05, 0.1) is 0 Å². The van der Waals surface area contributed by atoms with Gasteiger partial charge in [0.2, 0.25) is 11.8 Å². The van der Waals surface area contributed by atoms with Crippen molar-refractivity contribution < 1.29 is 9.59 Å². The van der Waals surface area contributed by atoms with E-state index in [4.69, 9.17) is 11.5 Å². The average molecular weight is 154 g/mol. The van der Waals surface area contributed by atoms with E-state index in [-0.39, 0.29) is 12.0 Å². The molecule has 11 heavy (non-hydrogen) atoms. The Balaban J connectivity index is 4.44. The molecular formula is C7H10N2O2. The summed E-state index contributed by atoms with van der Waals surface area (Å²) in [6.45, 7) is 3.39. The van der Waals surface area contributed by atoms with Crippen LogP contribution in [0.2, 0.25) is 0 Å². The number of carbonyl (C=O) groups is 2. The van der Waals surface area contributed by atoms with E-state index in [9.17, 15) is 9.59 Å². The van der Waals surface area contributed by atoms with Crippen molar-refractivity contribution in [3.8, 4) is 0 Å². The van der Waals surface area contributed by atoms with Gasteiger partial charge in [0, 0.05) is 11.6 Å². The van der Waals surface area contributed by atoms with Crippen LogP contribution in [0.1, 0.15) is 6.42 Å². The predicted molar refractivity (Wildman–Crippen MR) is 41.3 cm³/mol. The summed E-state index contributed by atoms with van der Waals surface area (Å²) in [5.41, 5.74) is 9.89. The monoisotopic (exact) mass is 154 g/mol. The first kappa shape index (κ1) is 9.42. The third-order valence-electron chi connectivity index (χ3n) is 0.997. The van der Waals surface area contributed by atoms with Crippen LogP contribution >= 0.6 is 0 Å². The van der Waals surface area contributed by atoms with Crippen molar-refractivity contribution in [1.82, 2.24) is 0 Å². The molecule has 4 nitrogen and oxygen atoms in total. The number of hydrogen-bond donors (Lipinski definition) is 2. The molecule has 2 amide bonds. The lowest BCUT2D eigenvalue weighted by Crippen LogP contribution is -2.17. The van der Waals surface area contributed by atoms with Crippen molar-refractivity contribution in [2.45, 2.75) is 6.42 Å². The highest BCUT2D eigenvalue weighted by atomic mass is 16.1. The van der Waals surface area contributed by atoms with E-state index in [0.29, 0.717) is 0 Å². The van der Waals surface area contributed by atoms with Gasteiger partial charge in [-0.3, -0.25) is 9.59 Å². The standard InChI is InChI=1S/C7H10N2O2/c1-2-3-5(7(9)11)4-6(8)10/h2,4H,1,3H2,(H2,8,10)(H2,9,11)/b5-4-. The van der Waals surface area contributed by atoms with Crippen LogP contribution in [-0.2, 0) is 9.59 Å². The second-order valence-electron chi connectivity index (χ2n) is 1.93. The molecule has 4 heteroatoms. The van der Waals surface area contributed by atoms with Gasteiger partial charge in [-0.15, -0.1) is 6.58 Å². The van der Waals surface area contributed by atoms with Crippen LogP contribution in [0.5, 0.6) is 0 Å². The largest absolute Gasteiger partial charge is 0.366 e. The van der Waals surface area contributed by atoms with Crippen molar-refractivity contribution >= 4 is 11.8 Å². The molecule has 0 aromatic rings. The molecule has 0 radical (unpaired) electrons. The second-order valence-corrected chi connectivity index (χ2v) is 1.93. The van der Waals surface area contributed by atoms with Crippen LogP contribution in [0, 0.1) is 0 Å². The highest BCUT2D eigenvalue weighted by molar-refractivity contribution is 5.99. The summed E-state index contributed by atoms with van der Waals surface area (Å²) in [6.07, 6.45) is 2.74. The maximum atomic E-state index is 10.5. The Bertz CT molecular complexity index is 218. The SMILES string of the molecule is C=CC/C(=C/C(N)=O)C(N)=O. The van der Waals surface area contributed by atoms with Gasteiger partial charge in [-0.25, -0.2) is 0 Å². The van der Waals surface area contributed by atoms with Gasteiger partial charge >= 0.3 is 0 Å². The Kier molecular flexibility index (Phi) is 3.66. The molecule has 0 unspecified atom stereocenters. The van der Waals surface area contributed by atoms with Crippen LogP contribution in [0.15, 0.2) is 24.3 Å². The summed E-state index contributed by atoms with van der Waals surface area (Å²) in [5, 5.41) is 0. The normalized spacial score (nSPS) is 10.7. The van der Waals surface area contributed by atoms with Gasteiger partial charge in [0.1, 0.15) is 0 Å². The molecule has 0 aliphatic heterocycles. The van der Waals surface area contributed by atoms with E-state index in [1.54, 1.807) is 0 Å². The van der Waals surface area contributed by atoms with E-state index < -0.39 is 11.8 Å². The van der Waals surface area contributed by atoms with Crippen molar-refractivity contribution in [2.75, 3.05) is 0 Å². The topological polar surface area (TPSA) is 86.2 Å². The Morgan fingerprint density at radius 1 is 1.36 bits per heavy atom. The molecule has 0 aliphatic carbocycles. The third kappa shape index (κ3) is 3.91. The van der Waals surface area contributed by atoms with Crippen molar-refractivity contribution in [2.24, 2.45) is 11.5 Å². The van der Waals surface area contributed by atoms with Crippen molar-refractivity contribution in [3.63, 3.8) is 0 Å². The zero-order chi connectivity index (χ0) is 8.85. The molecule has 0 atom stereocenters. The number of hydrogen-bond acceptors (Lipinski definition) is 2. The summed E-state index contributed by atoms with van der Waals surface area (Å²) in [7, 11) is 0. The van der Waals surface area contributed by atoms with Crippen molar-refractivity contribution in [3.05, 3.63) is 24.3 Å². The number of rotatable bonds is 4.